The second-order valence-corrected chi connectivity index (χ2v) is 5.39. The highest BCUT2D eigenvalue weighted by molar-refractivity contribution is 5.91. The van der Waals surface area contributed by atoms with E-state index in [-0.39, 0.29) is 5.91 Å². The number of carbonyl (C=O) groups excluding carboxylic acids is 1. The molecule has 1 N–H and O–H groups in total. The number of rotatable bonds is 4. The Balaban J connectivity index is 1.79. The van der Waals surface area contributed by atoms with E-state index in [1.807, 2.05) is 60.7 Å². The molecule has 2 aromatic carbocycles. The molecule has 1 fully saturated rings. The van der Waals surface area contributed by atoms with E-state index in [1.165, 1.54) is 0 Å². The first-order valence-electron chi connectivity index (χ1n) is 7.07. The molecule has 1 saturated carbocycles. The topological polar surface area (TPSA) is 52.9 Å². The van der Waals surface area contributed by atoms with Crippen molar-refractivity contribution < 1.29 is 4.79 Å². The maximum Gasteiger partial charge on any atom is 0.231 e. The van der Waals surface area contributed by atoms with Gasteiger partial charge in [0.15, 0.2) is 0 Å². The van der Waals surface area contributed by atoms with Gasteiger partial charge in [0.2, 0.25) is 5.91 Å². The van der Waals surface area contributed by atoms with Crippen molar-refractivity contribution in [3.8, 4) is 6.07 Å². The van der Waals surface area contributed by atoms with Crippen LogP contribution in [0.3, 0.4) is 0 Å². The Labute approximate surface area is 124 Å². The second kappa shape index (κ2) is 5.41. The minimum atomic E-state index is -0.597. The fraction of sp³-hybridized carbons (Fsp3) is 0.222. The Morgan fingerprint density at radius 3 is 2.14 bits per heavy atom. The van der Waals surface area contributed by atoms with Crippen LogP contribution in [0.2, 0.25) is 0 Å². The lowest BCUT2D eigenvalue weighted by Crippen LogP contribution is -2.36. The number of hydrogen-bond donors (Lipinski definition) is 1. The SMILES string of the molecule is N#CC(NC(=O)C1(c2ccccc2)CC1)c1ccccc1. The summed E-state index contributed by atoms with van der Waals surface area (Å²) in [6.45, 7) is 0. The molecule has 1 aliphatic rings. The minimum Gasteiger partial charge on any atom is -0.336 e. The van der Waals surface area contributed by atoms with E-state index in [0.717, 1.165) is 24.0 Å². The smallest absolute Gasteiger partial charge is 0.231 e. The predicted molar refractivity (Wildman–Crippen MR) is 80.3 cm³/mol. The molecule has 3 rings (SSSR count). The Morgan fingerprint density at radius 2 is 1.62 bits per heavy atom. The summed E-state index contributed by atoms with van der Waals surface area (Å²) in [7, 11) is 0. The van der Waals surface area contributed by atoms with Crippen LogP contribution < -0.4 is 5.32 Å². The summed E-state index contributed by atoms with van der Waals surface area (Å²) >= 11 is 0. The van der Waals surface area contributed by atoms with Gasteiger partial charge in [-0.15, -0.1) is 0 Å². The fourth-order valence-electron chi connectivity index (χ4n) is 2.63. The zero-order valence-electron chi connectivity index (χ0n) is 11.6. The molecule has 1 amide bonds. The van der Waals surface area contributed by atoms with Crippen LogP contribution >= 0.6 is 0 Å². The molecule has 3 heteroatoms. The van der Waals surface area contributed by atoms with E-state index in [0.29, 0.717) is 0 Å². The Hall–Kier alpha value is -2.60. The number of amides is 1. The standard InChI is InChI=1S/C18H16N2O/c19-13-16(14-7-3-1-4-8-14)20-17(21)18(11-12-18)15-9-5-2-6-10-15/h1-10,16H,11-12H2,(H,20,21). The van der Waals surface area contributed by atoms with Gasteiger partial charge < -0.3 is 5.32 Å². The highest BCUT2D eigenvalue weighted by atomic mass is 16.2. The van der Waals surface area contributed by atoms with Crippen molar-refractivity contribution in [3.63, 3.8) is 0 Å². The molecule has 1 unspecified atom stereocenters. The predicted octanol–water partition coefficient (Wildman–Crippen LogP) is 3.10. The maximum atomic E-state index is 12.6. The van der Waals surface area contributed by atoms with E-state index in [4.69, 9.17) is 0 Å². The van der Waals surface area contributed by atoms with Gasteiger partial charge in [-0.1, -0.05) is 60.7 Å². The first-order valence-corrected chi connectivity index (χ1v) is 7.07. The molecule has 21 heavy (non-hydrogen) atoms. The van der Waals surface area contributed by atoms with Crippen molar-refractivity contribution in [2.45, 2.75) is 24.3 Å². The molecule has 0 saturated heterocycles. The molecule has 2 aromatic rings. The lowest BCUT2D eigenvalue weighted by molar-refractivity contribution is -0.124. The third-order valence-electron chi connectivity index (χ3n) is 4.05. The summed E-state index contributed by atoms with van der Waals surface area (Å²) in [5, 5.41) is 12.2. The average Bonchev–Trinajstić information content (AvgIpc) is 3.36. The van der Waals surface area contributed by atoms with E-state index in [1.54, 1.807) is 0 Å². The Bertz CT molecular complexity index is 669. The normalized spacial score (nSPS) is 16.5. The summed E-state index contributed by atoms with van der Waals surface area (Å²) in [4.78, 5) is 12.6. The van der Waals surface area contributed by atoms with Crippen LogP contribution in [0, 0.1) is 11.3 Å². The molecular formula is C18H16N2O. The summed E-state index contributed by atoms with van der Waals surface area (Å²) in [5.74, 6) is -0.0518. The zero-order valence-corrected chi connectivity index (χ0v) is 11.6. The molecule has 0 radical (unpaired) electrons. The lowest BCUT2D eigenvalue weighted by Gasteiger charge is -2.18. The first kappa shape index (κ1) is 13.4. The molecule has 1 aliphatic carbocycles. The van der Waals surface area contributed by atoms with E-state index in [9.17, 15) is 10.1 Å². The number of nitriles is 1. The number of benzene rings is 2. The van der Waals surface area contributed by atoms with Crippen molar-refractivity contribution in [2.24, 2.45) is 0 Å². The Morgan fingerprint density at radius 1 is 1.05 bits per heavy atom. The van der Waals surface area contributed by atoms with Crippen LogP contribution in [0.25, 0.3) is 0 Å². The van der Waals surface area contributed by atoms with Crippen molar-refractivity contribution >= 4 is 5.91 Å². The molecule has 0 heterocycles. The van der Waals surface area contributed by atoms with E-state index in [2.05, 4.69) is 11.4 Å². The van der Waals surface area contributed by atoms with Gasteiger partial charge in [-0.05, 0) is 24.0 Å². The van der Waals surface area contributed by atoms with Crippen molar-refractivity contribution in [2.75, 3.05) is 0 Å². The van der Waals surface area contributed by atoms with E-state index >= 15 is 0 Å². The van der Waals surface area contributed by atoms with Gasteiger partial charge in [-0.2, -0.15) is 5.26 Å². The fourth-order valence-corrected chi connectivity index (χ4v) is 2.63. The number of hydrogen-bond acceptors (Lipinski definition) is 2. The number of nitrogens with one attached hydrogen (secondary N) is 1. The van der Waals surface area contributed by atoms with Crippen LogP contribution in [-0.2, 0) is 10.2 Å². The van der Waals surface area contributed by atoms with Crippen LogP contribution in [0.5, 0.6) is 0 Å². The molecule has 0 spiro atoms. The monoisotopic (exact) mass is 276 g/mol. The van der Waals surface area contributed by atoms with Crippen molar-refractivity contribution in [1.82, 2.24) is 5.32 Å². The van der Waals surface area contributed by atoms with Gasteiger partial charge in [0.1, 0.15) is 6.04 Å². The molecule has 0 aromatic heterocycles. The van der Waals surface area contributed by atoms with Gasteiger partial charge in [0.05, 0.1) is 11.5 Å². The zero-order chi connectivity index (χ0) is 14.7. The summed E-state index contributed by atoms with van der Waals surface area (Å²) in [6.07, 6.45) is 1.69. The van der Waals surface area contributed by atoms with Gasteiger partial charge in [0.25, 0.3) is 0 Å². The second-order valence-electron chi connectivity index (χ2n) is 5.39. The minimum absolute atomic E-state index is 0.0518. The van der Waals surface area contributed by atoms with Crippen LogP contribution in [0.4, 0.5) is 0 Å². The third kappa shape index (κ3) is 2.53. The lowest BCUT2D eigenvalue weighted by atomic mass is 9.94. The van der Waals surface area contributed by atoms with Gasteiger partial charge >= 0.3 is 0 Å². The quantitative estimate of drug-likeness (QED) is 0.933. The largest absolute Gasteiger partial charge is 0.336 e. The van der Waals surface area contributed by atoms with Gasteiger partial charge in [-0.25, -0.2) is 0 Å². The maximum absolute atomic E-state index is 12.6. The van der Waals surface area contributed by atoms with Crippen LogP contribution in [-0.4, -0.2) is 5.91 Å². The molecular weight excluding hydrogens is 260 g/mol. The van der Waals surface area contributed by atoms with Gasteiger partial charge in [-0.3, -0.25) is 4.79 Å². The number of nitrogens with zero attached hydrogens (tertiary/aromatic N) is 1. The molecule has 0 aliphatic heterocycles. The average molecular weight is 276 g/mol. The van der Waals surface area contributed by atoms with Gasteiger partial charge in [0, 0.05) is 0 Å². The molecule has 0 bridgehead atoms. The first-order chi connectivity index (χ1) is 10.3. The molecule has 3 nitrogen and oxygen atoms in total. The summed E-state index contributed by atoms with van der Waals surface area (Å²) in [6, 6.07) is 20.7. The van der Waals surface area contributed by atoms with Crippen LogP contribution in [0.1, 0.15) is 30.0 Å². The summed E-state index contributed by atoms with van der Waals surface area (Å²) < 4.78 is 0. The molecule has 104 valence electrons. The molecule has 1 atom stereocenters. The Kier molecular flexibility index (Phi) is 3.45. The highest BCUT2D eigenvalue weighted by Gasteiger charge is 2.51. The number of carbonyl (C=O) groups is 1. The van der Waals surface area contributed by atoms with Crippen molar-refractivity contribution in [3.05, 3.63) is 71.8 Å². The van der Waals surface area contributed by atoms with Crippen LogP contribution in [0.15, 0.2) is 60.7 Å². The van der Waals surface area contributed by atoms with E-state index < -0.39 is 11.5 Å². The highest BCUT2D eigenvalue weighted by Crippen LogP contribution is 2.48. The summed E-state index contributed by atoms with van der Waals surface area (Å²) in [5.41, 5.74) is 1.41. The van der Waals surface area contributed by atoms with Crippen molar-refractivity contribution in [1.29, 1.82) is 5.26 Å². The third-order valence-corrected chi connectivity index (χ3v) is 4.05.